The number of aromatic amines is 1. The van der Waals surface area contributed by atoms with E-state index in [-0.39, 0.29) is 0 Å². The van der Waals surface area contributed by atoms with Crippen molar-refractivity contribution < 1.29 is 9.47 Å². The van der Waals surface area contributed by atoms with Crippen molar-refractivity contribution in [3.8, 4) is 28.6 Å². The first-order valence-electron chi connectivity index (χ1n) is 10.4. The van der Waals surface area contributed by atoms with Crippen molar-refractivity contribution in [2.24, 2.45) is 0 Å². The van der Waals surface area contributed by atoms with Crippen LogP contribution < -0.4 is 9.47 Å². The smallest absolute Gasteiger partial charge is 0.171 e. The number of aromatic nitrogens is 2. The molecular weight excluding hydrogens is 372 g/mol. The molecule has 3 aromatic carbocycles. The van der Waals surface area contributed by atoms with E-state index in [1.807, 2.05) is 42.5 Å². The molecule has 1 heterocycles. The molecule has 0 bridgehead atoms. The van der Waals surface area contributed by atoms with Gasteiger partial charge in [-0.2, -0.15) is 0 Å². The molecule has 0 saturated heterocycles. The standard InChI is InChI=1S/C26H28N2O2/c1-6-16(2)20-12-17(3)18(4)13-23(20)30-25-15-22-21(14-24(25)29-5)27-26(28-22)19-10-8-7-9-11-19/h7-16H,6H2,1-5H3,(H,27,28). The molecule has 0 radical (unpaired) electrons. The number of H-pyrrole nitrogens is 1. The van der Waals surface area contributed by atoms with E-state index in [4.69, 9.17) is 14.5 Å². The van der Waals surface area contributed by atoms with Gasteiger partial charge in [-0.1, -0.05) is 50.2 Å². The van der Waals surface area contributed by atoms with Crippen LogP contribution in [0.15, 0.2) is 54.6 Å². The zero-order valence-corrected chi connectivity index (χ0v) is 18.2. The molecule has 30 heavy (non-hydrogen) atoms. The number of imidazole rings is 1. The summed E-state index contributed by atoms with van der Waals surface area (Å²) in [6.07, 6.45) is 1.05. The summed E-state index contributed by atoms with van der Waals surface area (Å²) in [5, 5.41) is 0. The Bertz CT molecular complexity index is 1180. The Kier molecular flexibility index (Phi) is 5.49. The quantitative estimate of drug-likeness (QED) is 0.373. The SMILES string of the molecule is CCC(C)c1cc(C)c(C)cc1Oc1cc2[nH]c(-c3ccccc3)nc2cc1OC. The maximum Gasteiger partial charge on any atom is 0.171 e. The largest absolute Gasteiger partial charge is 0.493 e. The second-order valence-corrected chi connectivity index (χ2v) is 7.86. The van der Waals surface area contributed by atoms with Gasteiger partial charge in [0.05, 0.1) is 18.1 Å². The van der Waals surface area contributed by atoms with E-state index < -0.39 is 0 Å². The van der Waals surface area contributed by atoms with E-state index in [9.17, 15) is 0 Å². The molecule has 0 amide bonds. The van der Waals surface area contributed by atoms with Crippen LogP contribution in [0.1, 0.15) is 42.9 Å². The summed E-state index contributed by atoms with van der Waals surface area (Å²) in [6, 6.07) is 18.4. The zero-order valence-electron chi connectivity index (χ0n) is 18.2. The lowest BCUT2D eigenvalue weighted by Gasteiger charge is -2.19. The summed E-state index contributed by atoms with van der Waals surface area (Å²) in [6.45, 7) is 8.70. The van der Waals surface area contributed by atoms with Crippen LogP contribution >= 0.6 is 0 Å². The summed E-state index contributed by atoms with van der Waals surface area (Å²) in [4.78, 5) is 8.15. The molecule has 0 aliphatic rings. The molecule has 0 saturated carbocycles. The van der Waals surface area contributed by atoms with Gasteiger partial charge < -0.3 is 14.5 Å². The fraction of sp³-hybridized carbons (Fsp3) is 0.269. The van der Waals surface area contributed by atoms with Gasteiger partial charge in [-0.25, -0.2) is 4.98 Å². The Morgan fingerprint density at radius 3 is 2.37 bits per heavy atom. The van der Waals surface area contributed by atoms with Gasteiger partial charge in [0.1, 0.15) is 11.6 Å². The molecule has 154 valence electrons. The van der Waals surface area contributed by atoms with Crippen LogP contribution in [0.2, 0.25) is 0 Å². The first-order valence-corrected chi connectivity index (χ1v) is 10.4. The fourth-order valence-electron chi connectivity index (χ4n) is 3.61. The minimum absolute atomic E-state index is 0.408. The van der Waals surface area contributed by atoms with Crippen molar-refractivity contribution in [1.82, 2.24) is 9.97 Å². The monoisotopic (exact) mass is 400 g/mol. The normalized spacial score (nSPS) is 12.2. The van der Waals surface area contributed by atoms with Crippen molar-refractivity contribution >= 4 is 11.0 Å². The van der Waals surface area contributed by atoms with Gasteiger partial charge in [-0.05, 0) is 48.9 Å². The Balaban J connectivity index is 1.78. The number of methoxy groups -OCH3 is 1. The van der Waals surface area contributed by atoms with Gasteiger partial charge in [-0.3, -0.25) is 0 Å². The lowest BCUT2D eigenvalue weighted by molar-refractivity contribution is 0.377. The third kappa shape index (κ3) is 3.78. The zero-order chi connectivity index (χ0) is 21.3. The summed E-state index contributed by atoms with van der Waals surface area (Å²) in [5.74, 6) is 3.47. The highest BCUT2D eigenvalue weighted by atomic mass is 16.5. The number of fused-ring (bicyclic) bond motifs is 1. The van der Waals surface area contributed by atoms with Gasteiger partial charge >= 0.3 is 0 Å². The molecule has 1 unspecified atom stereocenters. The summed E-state index contributed by atoms with van der Waals surface area (Å²) < 4.78 is 12.1. The van der Waals surface area contributed by atoms with Gasteiger partial charge in [0.25, 0.3) is 0 Å². The molecule has 0 aliphatic heterocycles. The maximum atomic E-state index is 6.44. The van der Waals surface area contributed by atoms with Crippen LogP contribution in [0.25, 0.3) is 22.4 Å². The number of benzene rings is 3. The third-order valence-corrected chi connectivity index (χ3v) is 5.80. The molecule has 1 atom stereocenters. The van der Waals surface area contributed by atoms with Crippen LogP contribution in [0, 0.1) is 13.8 Å². The minimum Gasteiger partial charge on any atom is -0.493 e. The van der Waals surface area contributed by atoms with Gasteiger partial charge in [0.2, 0.25) is 0 Å². The van der Waals surface area contributed by atoms with Crippen molar-refractivity contribution in [3.05, 3.63) is 71.3 Å². The second-order valence-electron chi connectivity index (χ2n) is 7.86. The van der Waals surface area contributed by atoms with Crippen LogP contribution in [0.5, 0.6) is 17.2 Å². The molecule has 1 N–H and O–H groups in total. The fourth-order valence-corrected chi connectivity index (χ4v) is 3.61. The van der Waals surface area contributed by atoms with E-state index in [0.29, 0.717) is 17.4 Å². The minimum atomic E-state index is 0.408. The summed E-state index contributed by atoms with van der Waals surface area (Å²) in [5.41, 5.74) is 6.52. The summed E-state index contributed by atoms with van der Waals surface area (Å²) >= 11 is 0. The second kappa shape index (κ2) is 8.23. The highest BCUT2D eigenvalue weighted by Gasteiger charge is 2.17. The number of nitrogens with one attached hydrogen (secondary N) is 1. The van der Waals surface area contributed by atoms with Crippen LogP contribution in [0.4, 0.5) is 0 Å². The Morgan fingerprint density at radius 2 is 1.67 bits per heavy atom. The molecule has 4 heteroatoms. The predicted octanol–water partition coefficient (Wildman–Crippen LogP) is 7.16. The molecule has 4 rings (SSSR count). The van der Waals surface area contributed by atoms with Gasteiger partial charge in [-0.15, -0.1) is 0 Å². The average molecular weight is 401 g/mol. The molecule has 4 nitrogen and oxygen atoms in total. The number of ether oxygens (including phenoxy) is 2. The highest BCUT2D eigenvalue weighted by molar-refractivity contribution is 5.83. The molecule has 1 aromatic heterocycles. The van der Waals surface area contributed by atoms with E-state index >= 15 is 0 Å². The highest BCUT2D eigenvalue weighted by Crippen LogP contribution is 2.39. The average Bonchev–Trinajstić information content (AvgIpc) is 3.18. The number of hydrogen-bond donors (Lipinski definition) is 1. The van der Waals surface area contributed by atoms with Crippen molar-refractivity contribution in [2.45, 2.75) is 40.0 Å². The molecule has 0 spiro atoms. The number of hydrogen-bond acceptors (Lipinski definition) is 3. The lowest BCUT2D eigenvalue weighted by atomic mass is 9.94. The molecular formula is C26H28N2O2. The number of nitrogens with zero attached hydrogens (tertiary/aromatic N) is 1. The summed E-state index contributed by atoms with van der Waals surface area (Å²) in [7, 11) is 1.66. The van der Waals surface area contributed by atoms with Crippen molar-refractivity contribution in [2.75, 3.05) is 7.11 Å². The lowest BCUT2D eigenvalue weighted by Crippen LogP contribution is -2.00. The first kappa shape index (κ1) is 20.0. The maximum absolute atomic E-state index is 6.44. The first-order chi connectivity index (χ1) is 14.5. The van der Waals surface area contributed by atoms with E-state index in [0.717, 1.165) is 34.6 Å². The predicted molar refractivity (Wildman–Crippen MR) is 123 cm³/mol. The molecule has 0 fully saturated rings. The van der Waals surface area contributed by atoms with E-state index in [1.54, 1.807) is 7.11 Å². The molecule has 4 aromatic rings. The van der Waals surface area contributed by atoms with Crippen LogP contribution in [-0.4, -0.2) is 17.1 Å². The van der Waals surface area contributed by atoms with Crippen molar-refractivity contribution in [1.29, 1.82) is 0 Å². The Morgan fingerprint density at radius 1 is 0.933 bits per heavy atom. The van der Waals surface area contributed by atoms with Crippen molar-refractivity contribution in [3.63, 3.8) is 0 Å². The van der Waals surface area contributed by atoms with E-state index in [1.165, 1.54) is 16.7 Å². The van der Waals surface area contributed by atoms with Gasteiger partial charge in [0, 0.05) is 17.7 Å². The molecule has 0 aliphatic carbocycles. The Hall–Kier alpha value is -3.27. The Labute approximate surface area is 177 Å². The number of aryl methyl sites for hydroxylation is 2. The van der Waals surface area contributed by atoms with Gasteiger partial charge in [0.15, 0.2) is 11.5 Å². The topological polar surface area (TPSA) is 47.1 Å². The number of rotatable bonds is 6. The third-order valence-electron chi connectivity index (χ3n) is 5.80. The van der Waals surface area contributed by atoms with E-state index in [2.05, 4.69) is 44.8 Å². The van der Waals surface area contributed by atoms with Crippen LogP contribution in [0.3, 0.4) is 0 Å². The van der Waals surface area contributed by atoms with Crippen LogP contribution in [-0.2, 0) is 0 Å².